The molecule has 2 atom stereocenters. The normalized spacial score (nSPS) is 38.0. The summed E-state index contributed by atoms with van der Waals surface area (Å²) < 4.78 is 0. The highest BCUT2D eigenvalue weighted by Gasteiger charge is 2.15. The van der Waals surface area contributed by atoms with E-state index < -0.39 is 0 Å². The molecule has 0 aliphatic heterocycles. The van der Waals surface area contributed by atoms with Crippen LogP contribution in [0.2, 0.25) is 0 Å². The maximum Gasteiger partial charge on any atom is 0.0350 e. The molecule has 54 valence electrons. The highest BCUT2D eigenvalue weighted by Crippen LogP contribution is 2.25. The lowest BCUT2D eigenvalue weighted by Crippen LogP contribution is -2.03. The molecule has 1 fully saturated rings. The van der Waals surface area contributed by atoms with Crippen LogP contribution in [0.5, 0.6) is 0 Å². The third-order valence-electron chi connectivity index (χ3n) is 1.80. The maximum atomic E-state index is 5.93. The first kappa shape index (κ1) is 7.68. The molecule has 0 aromatic rings. The first-order valence-electron chi connectivity index (χ1n) is 3.57. The Morgan fingerprint density at radius 1 is 0.889 bits per heavy atom. The van der Waals surface area contributed by atoms with Gasteiger partial charge in [-0.25, -0.2) is 0 Å². The van der Waals surface area contributed by atoms with Gasteiger partial charge >= 0.3 is 0 Å². The Kier molecular flexibility index (Phi) is 3.14. The summed E-state index contributed by atoms with van der Waals surface area (Å²) in [7, 11) is 0. The van der Waals surface area contributed by atoms with Gasteiger partial charge in [-0.15, -0.1) is 23.2 Å². The Balaban J connectivity index is 2.29. The molecule has 0 spiro atoms. The monoisotopic (exact) mass is 166 g/mol. The van der Waals surface area contributed by atoms with Crippen molar-refractivity contribution < 1.29 is 0 Å². The number of halogens is 2. The summed E-state index contributed by atoms with van der Waals surface area (Å²) in [5, 5.41) is 0.685. The van der Waals surface area contributed by atoms with Gasteiger partial charge in [0.15, 0.2) is 0 Å². The maximum absolute atomic E-state index is 5.93. The van der Waals surface area contributed by atoms with Crippen molar-refractivity contribution in [3.05, 3.63) is 0 Å². The van der Waals surface area contributed by atoms with Crippen molar-refractivity contribution in [2.24, 2.45) is 0 Å². The van der Waals surface area contributed by atoms with Crippen LogP contribution in [0, 0.1) is 0 Å². The van der Waals surface area contributed by atoms with Crippen LogP contribution in [0.1, 0.15) is 32.1 Å². The van der Waals surface area contributed by atoms with E-state index in [1.165, 1.54) is 12.8 Å². The molecule has 2 heteroatoms. The van der Waals surface area contributed by atoms with Crippen LogP contribution >= 0.6 is 23.2 Å². The van der Waals surface area contributed by atoms with Crippen LogP contribution < -0.4 is 0 Å². The Bertz CT molecular complexity index is 73.0. The molecule has 1 rings (SSSR count). The van der Waals surface area contributed by atoms with Crippen molar-refractivity contribution in [3.8, 4) is 0 Å². The third-order valence-corrected chi connectivity index (χ3v) is 2.59. The van der Waals surface area contributed by atoms with Gasteiger partial charge in [0.2, 0.25) is 0 Å². The van der Waals surface area contributed by atoms with Crippen LogP contribution in [-0.2, 0) is 0 Å². The first-order valence-corrected chi connectivity index (χ1v) is 4.44. The molecule has 0 aromatic heterocycles. The first-order chi connectivity index (χ1) is 4.29. The predicted molar refractivity (Wildman–Crippen MR) is 42.4 cm³/mol. The van der Waals surface area contributed by atoms with Gasteiger partial charge in [-0.3, -0.25) is 0 Å². The van der Waals surface area contributed by atoms with Gasteiger partial charge in [-0.1, -0.05) is 12.8 Å². The van der Waals surface area contributed by atoms with Crippen LogP contribution in [-0.4, -0.2) is 10.8 Å². The SMILES string of the molecule is Cl[C@@H]1CCCC[C@H](Cl)C1. The van der Waals surface area contributed by atoms with E-state index in [0.29, 0.717) is 10.8 Å². The van der Waals surface area contributed by atoms with Gasteiger partial charge in [0.25, 0.3) is 0 Å². The smallest absolute Gasteiger partial charge is 0.0350 e. The van der Waals surface area contributed by atoms with Crippen LogP contribution in [0.3, 0.4) is 0 Å². The van der Waals surface area contributed by atoms with E-state index >= 15 is 0 Å². The fraction of sp³-hybridized carbons (Fsp3) is 1.00. The molecule has 0 aromatic carbocycles. The molecular formula is C7H12Cl2. The second-order valence-corrected chi connectivity index (χ2v) is 3.95. The van der Waals surface area contributed by atoms with Gasteiger partial charge < -0.3 is 0 Å². The predicted octanol–water partition coefficient (Wildman–Crippen LogP) is 3.17. The molecule has 0 saturated heterocycles. The van der Waals surface area contributed by atoms with Crippen molar-refractivity contribution in [2.75, 3.05) is 0 Å². The molecule has 1 aliphatic carbocycles. The number of alkyl halides is 2. The zero-order chi connectivity index (χ0) is 6.69. The quantitative estimate of drug-likeness (QED) is 0.384. The molecule has 0 unspecified atom stereocenters. The summed E-state index contributed by atoms with van der Waals surface area (Å²) in [5.41, 5.74) is 0. The van der Waals surface area contributed by atoms with E-state index in [2.05, 4.69) is 0 Å². The van der Waals surface area contributed by atoms with Crippen molar-refractivity contribution in [1.29, 1.82) is 0 Å². The average molecular weight is 167 g/mol. The molecule has 1 saturated carbocycles. The zero-order valence-electron chi connectivity index (χ0n) is 5.45. The van der Waals surface area contributed by atoms with E-state index in [0.717, 1.165) is 19.3 Å². The lowest BCUT2D eigenvalue weighted by Gasteiger charge is -2.06. The summed E-state index contributed by atoms with van der Waals surface area (Å²) >= 11 is 11.9. The van der Waals surface area contributed by atoms with E-state index in [4.69, 9.17) is 23.2 Å². The summed E-state index contributed by atoms with van der Waals surface area (Å²) in [6.45, 7) is 0. The second kappa shape index (κ2) is 3.68. The molecule has 0 radical (unpaired) electrons. The lowest BCUT2D eigenvalue weighted by atomic mass is 10.2. The molecule has 0 amide bonds. The Labute approximate surface area is 66.5 Å². The molecule has 0 bridgehead atoms. The van der Waals surface area contributed by atoms with E-state index in [1.807, 2.05) is 0 Å². The molecular weight excluding hydrogens is 155 g/mol. The fourth-order valence-electron chi connectivity index (χ4n) is 1.24. The average Bonchev–Trinajstić information content (AvgIpc) is 1.93. The number of hydrogen-bond acceptors (Lipinski definition) is 0. The van der Waals surface area contributed by atoms with Crippen LogP contribution in [0.4, 0.5) is 0 Å². The topological polar surface area (TPSA) is 0 Å². The molecule has 0 nitrogen and oxygen atoms in total. The van der Waals surface area contributed by atoms with Crippen LogP contribution in [0.25, 0.3) is 0 Å². The van der Waals surface area contributed by atoms with Gasteiger partial charge in [0, 0.05) is 10.8 Å². The summed E-state index contributed by atoms with van der Waals surface area (Å²) in [6.07, 6.45) is 5.84. The van der Waals surface area contributed by atoms with Crippen molar-refractivity contribution in [1.82, 2.24) is 0 Å². The van der Waals surface area contributed by atoms with Gasteiger partial charge in [0.05, 0.1) is 0 Å². The van der Waals surface area contributed by atoms with Crippen molar-refractivity contribution >= 4 is 23.2 Å². The van der Waals surface area contributed by atoms with Crippen molar-refractivity contribution in [2.45, 2.75) is 42.9 Å². The summed E-state index contributed by atoms with van der Waals surface area (Å²) in [5.74, 6) is 0. The Morgan fingerprint density at radius 2 is 1.33 bits per heavy atom. The van der Waals surface area contributed by atoms with Crippen molar-refractivity contribution in [3.63, 3.8) is 0 Å². The Hall–Kier alpha value is 0.580. The zero-order valence-corrected chi connectivity index (χ0v) is 6.96. The second-order valence-electron chi connectivity index (χ2n) is 2.71. The minimum atomic E-state index is 0.343. The molecule has 0 heterocycles. The van der Waals surface area contributed by atoms with Gasteiger partial charge in [-0.2, -0.15) is 0 Å². The highest BCUT2D eigenvalue weighted by atomic mass is 35.5. The lowest BCUT2D eigenvalue weighted by molar-refractivity contribution is 0.705. The summed E-state index contributed by atoms with van der Waals surface area (Å²) in [4.78, 5) is 0. The van der Waals surface area contributed by atoms with E-state index in [-0.39, 0.29) is 0 Å². The highest BCUT2D eigenvalue weighted by molar-refractivity contribution is 6.23. The minimum Gasteiger partial charge on any atom is -0.123 e. The molecule has 0 N–H and O–H groups in total. The largest absolute Gasteiger partial charge is 0.123 e. The van der Waals surface area contributed by atoms with Crippen LogP contribution in [0.15, 0.2) is 0 Å². The summed E-state index contributed by atoms with van der Waals surface area (Å²) in [6, 6.07) is 0. The molecule has 1 aliphatic rings. The van der Waals surface area contributed by atoms with E-state index in [1.54, 1.807) is 0 Å². The number of rotatable bonds is 0. The Morgan fingerprint density at radius 3 is 1.78 bits per heavy atom. The van der Waals surface area contributed by atoms with E-state index in [9.17, 15) is 0 Å². The molecule has 9 heavy (non-hydrogen) atoms. The van der Waals surface area contributed by atoms with Gasteiger partial charge in [-0.05, 0) is 19.3 Å². The number of hydrogen-bond donors (Lipinski definition) is 0. The standard InChI is InChI=1S/C7H12Cl2/c8-6-3-1-2-4-7(9)5-6/h6-7H,1-5H2/t6-,7+. The van der Waals surface area contributed by atoms with Gasteiger partial charge in [0.1, 0.15) is 0 Å². The third kappa shape index (κ3) is 2.77. The fourth-order valence-corrected chi connectivity index (χ4v) is 2.07. The minimum absolute atomic E-state index is 0.343.